The highest BCUT2D eigenvalue weighted by Gasteiger charge is 2.19. The molecule has 0 aliphatic carbocycles. The fraction of sp³-hybridized carbons (Fsp3) is 0.188. The van der Waals surface area contributed by atoms with E-state index in [1.54, 1.807) is 24.3 Å². The van der Waals surface area contributed by atoms with Gasteiger partial charge in [-0.2, -0.15) is 0 Å². The Morgan fingerprint density at radius 3 is 2.76 bits per heavy atom. The van der Waals surface area contributed by atoms with Crippen molar-refractivity contribution >= 4 is 40.6 Å². The van der Waals surface area contributed by atoms with Gasteiger partial charge < -0.3 is 10.2 Å². The molecular formula is C16H15ClN2OS. The lowest BCUT2D eigenvalue weighted by atomic mass is 10.2. The minimum absolute atomic E-state index is 0.0148. The molecule has 1 aliphatic heterocycles. The number of halogens is 1. The molecule has 0 spiro atoms. The van der Waals surface area contributed by atoms with Gasteiger partial charge in [0.1, 0.15) is 0 Å². The number of rotatable bonds is 3. The van der Waals surface area contributed by atoms with Crippen molar-refractivity contribution in [2.45, 2.75) is 4.90 Å². The third kappa shape index (κ3) is 3.52. The van der Waals surface area contributed by atoms with Crippen LogP contribution in [0.4, 0.5) is 11.4 Å². The van der Waals surface area contributed by atoms with Crippen LogP contribution < -0.4 is 10.2 Å². The second-order valence-electron chi connectivity index (χ2n) is 4.79. The second kappa shape index (κ2) is 6.41. The van der Waals surface area contributed by atoms with Crippen LogP contribution in [0.1, 0.15) is 0 Å². The van der Waals surface area contributed by atoms with Crippen molar-refractivity contribution in [3.8, 4) is 0 Å². The molecule has 0 fully saturated rings. The van der Waals surface area contributed by atoms with E-state index in [1.807, 2.05) is 23.9 Å². The smallest absolute Gasteiger partial charge is 0.243 e. The van der Waals surface area contributed by atoms with Crippen molar-refractivity contribution in [3.63, 3.8) is 0 Å². The summed E-state index contributed by atoms with van der Waals surface area (Å²) in [5.74, 6) is 0.990. The molecule has 0 unspecified atom stereocenters. The number of para-hydroxylation sites is 1. The van der Waals surface area contributed by atoms with Gasteiger partial charge in [0, 0.05) is 27.9 Å². The van der Waals surface area contributed by atoms with Gasteiger partial charge in [-0.3, -0.25) is 4.79 Å². The molecule has 0 atom stereocenters. The Hall–Kier alpha value is -1.65. The third-order valence-electron chi connectivity index (χ3n) is 3.29. The number of anilines is 2. The monoisotopic (exact) mass is 318 g/mol. The van der Waals surface area contributed by atoms with E-state index in [0.29, 0.717) is 11.6 Å². The van der Waals surface area contributed by atoms with Gasteiger partial charge in [0.25, 0.3) is 0 Å². The minimum atomic E-state index is -0.0148. The van der Waals surface area contributed by atoms with Gasteiger partial charge in [-0.15, -0.1) is 11.8 Å². The van der Waals surface area contributed by atoms with Gasteiger partial charge >= 0.3 is 0 Å². The molecule has 0 saturated carbocycles. The van der Waals surface area contributed by atoms with Crippen molar-refractivity contribution in [2.24, 2.45) is 0 Å². The predicted molar refractivity (Wildman–Crippen MR) is 89.5 cm³/mol. The maximum atomic E-state index is 12.2. The molecule has 5 heteroatoms. The van der Waals surface area contributed by atoms with Crippen molar-refractivity contribution in [3.05, 3.63) is 53.6 Å². The molecule has 0 bridgehead atoms. The standard InChI is InChI=1S/C16H15ClN2OS/c17-12-5-7-13(8-6-12)18-16(20)11-19-9-10-21-15-4-2-1-3-14(15)19/h1-8H,9-11H2,(H,18,20). The predicted octanol–water partition coefficient (Wildman–Crippen LogP) is 3.89. The number of fused-ring (bicyclic) bond motifs is 1. The van der Waals surface area contributed by atoms with Gasteiger partial charge in [-0.1, -0.05) is 23.7 Å². The van der Waals surface area contributed by atoms with E-state index in [4.69, 9.17) is 11.6 Å². The van der Waals surface area contributed by atoms with Crippen molar-refractivity contribution in [2.75, 3.05) is 29.1 Å². The zero-order chi connectivity index (χ0) is 14.7. The van der Waals surface area contributed by atoms with Crippen molar-refractivity contribution in [1.82, 2.24) is 0 Å². The van der Waals surface area contributed by atoms with Gasteiger partial charge in [-0.25, -0.2) is 0 Å². The molecule has 2 aromatic carbocycles. The maximum absolute atomic E-state index is 12.2. The minimum Gasteiger partial charge on any atom is -0.360 e. The summed E-state index contributed by atoms with van der Waals surface area (Å²) in [7, 11) is 0. The highest BCUT2D eigenvalue weighted by atomic mass is 35.5. The lowest BCUT2D eigenvalue weighted by Crippen LogP contribution is -2.36. The summed E-state index contributed by atoms with van der Waals surface area (Å²) < 4.78 is 0. The normalized spacial score (nSPS) is 13.7. The Morgan fingerprint density at radius 2 is 1.95 bits per heavy atom. The Morgan fingerprint density at radius 1 is 1.19 bits per heavy atom. The molecule has 21 heavy (non-hydrogen) atoms. The molecule has 108 valence electrons. The van der Waals surface area contributed by atoms with E-state index < -0.39 is 0 Å². The number of carbonyl (C=O) groups excluding carboxylic acids is 1. The van der Waals surface area contributed by atoms with Crippen LogP contribution in [0.25, 0.3) is 0 Å². The van der Waals surface area contributed by atoms with Crippen LogP contribution >= 0.6 is 23.4 Å². The molecule has 3 nitrogen and oxygen atoms in total. The fourth-order valence-electron chi connectivity index (χ4n) is 2.30. The van der Waals surface area contributed by atoms with E-state index >= 15 is 0 Å². The number of thioether (sulfide) groups is 1. The van der Waals surface area contributed by atoms with E-state index in [9.17, 15) is 4.79 Å². The number of hydrogen-bond acceptors (Lipinski definition) is 3. The Balaban J connectivity index is 1.67. The molecule has 2 aromatic rings. The van der Waals surface area contributed by atoms with Crippen LogP contribution in [-0.2, 0) is 4.79 Å². The highest BCUT2D eigenvalue weighted by molar-refractivity contribution is 7.99. The van der Waals surface area contributed by atoms with Crippen molar-refractivity contribution in [1.29, 1.82) is 0 Å². The summed E-state index contributed by atoms with van der Waals surface area (Å²) in [5, 5.41) is 3.56. The number of carbonyl (C=O) groups is 1. The molecule has 0 radical (unpaired) electrons. The van der Waals surface area contributed by atoms with Gasteiger partial charge in [0.15, 0.2) is 0 Å². The zero-order valence-electron chi connectivity index (χ0n) is 11.4. The zero-order valence-corrected chi connectivity index (χ0v) is 13.0. The molecule has 1 N–H and O–H groups in total. The van der Waals surface area contributed by atoms with Crippen LogP contribution in [0.2, 0.25) is 5.02 Å². The summed E-state index contributed by atoms with van der Waals surface area (Å²) >= 11 is 7.67. The maximum Gasteiger partial charge on any atom is 0.243 e. The Labute approximate surface area is 133 Å². The van der Waals surface area contributed by atoms with E-state index in [2.05, 4.69) is 22.3 Å². The molecule has 3 rings (SSSR count). The van der Waals surface area contributed by atoms with Gasteiger partial charge in [0.05, 0.1) is 12.2 Å². The topological polar surface area (TPSA) is 32.3 Å². The first-order valence-corrected chi connectivity index (χ1v) is 8.11. The van der Waals surface area contributed by atoms with E-state index in [0.717, 1.165) is 23.7 Å². The molecule has 1 aliphatic rings. The summed E-state index contributed by atoms with van der Waals surface area (Å²) in [5.41, 5.74) is 1.91. The summed E-state index contributed by atoms with van der Waals surface area (Å²) in [6.07, 6.45) is 0. The largest absolute Gasteiger partial charge is 0.360 e. The summed E-state index contributed by atoms with van der Waals surface area (Å²) in [6.45, 7) is 1.25. The number of nitrogens with zero attached hydrogens (tertiary/aromatic N) is 1. The fourth-order valence-corrected chi connectivity index (χ4v) is 3.48. The molecule has 1 heterocycles. The highest BCUT2D eigenvalue weighted by Crippen LogP contribution is 2.34. The Kier molecular flexibility index (Phi) is 4.36. The average Bonchev–Trinajstić information content (AvgIpc) is 2.50. The van der Waals surface area contributed by atoms with E-state index in [-0.39, 0.29) is 5.91 Å². The first-order chi connectivity index (χ1) is 10.2. The summed E-state index contributed by atoms with van der Waals surface area (Å²) in [4.78, 5) is 15.5. The van der Waals surface area contributed by atoms with Crippen LogP contribution in [0.3, 0.4) is 0 Å². The first-order valence-electron chi connectivity index (χ1n) is 6.74. The molecule has 0 saturated heterocycles. The number of hydrogen-bond donors (Lipinski definition) is 1. The lowest BCUT2D eigenvalue weighted by molar-refractivity contribution is -0.115. The van der Waals surface area contributed by atoms with Crippen LogP contribution in [0.15, 0.2) is 53.4 Å². The quantitative estimate of drug-likeness (QED) is 0.931. The molecule has 1 amide bonds. The van der Waals surface area contributed by atoms with E-state index in [1.165, 1.54) is 4.90 Å². The Bertz CT molecular complexity index is 645. The first kappa shape index (κ1) is 14.3. The van der Waals surface area contributed by atoms with Crippen molar-refractivity contribution < 1.29 is 4.79 Å². The SMILES string of the molecule is O=C(CN1CCSc2ccccc21)Nc1ccc(Cl)cc1. The third-order valence-corrected chi connectivity index (χ3v) is 4.58. The molecular weight excluding hydrogens is 304 g/mol. The van der Waals surface area contributed by atoms with Gasteiger partial charge in [-0.05, 0) is 36.4 Å². The van der Waals surface area contributed by atoms with Crippen LogP contribution in [0, 0.1) is 0 Å². The lowest BCUT2D eigenvalue weighted by Gasteiger charge is -2.30. The van der Waals surface area contributed by atoms with Crippen LogP contribution in [-0.4, -0.2) is 24.7 Å². The number of amides is 1. The number of benzene rings is 2. The molecule has 0 aromatic heterocycles. The second-order valence-corrected chi connectivity index (χ2v) is 6.37. The van der Waals surface area contributed by atoms with Gasteiger partial charge in [0.2, 0.25) is 5.91 Å². The van der Waals surface area contributed by atoms with Crippen LogP contribution in [0.5, 0.6) is 0 Å². The average molecular weight is 319 g/mol. The summed E-state index contributed by atoms with van der Waals surface area (Å²) in [6, 6.07) is 15.4. The number of nitrogens with one attached hydrogen (secondary N) is 1.